The molecule has 0 saturated carbocycles. The van der Waals surface area contributed by atoms with Crippen LogP contribution >= 0.6 is 0 Å². The van der Waals surface area contributed by atoms with Crippen molar-refractivity contribution in [2.45, 2.75) is 26.1 Å². The highest BCUT2D eigenvalue weighted by atomic mass is 19.2. The van der Waals surface area contributed by atoms with Gasteiger partial charge in [0.25, 0.3) is 0 Å². The van der Waals surface area contributed by atoms with Crippen LogP contribution in [0.4, 0.5) is 17.6 Å². The molecule has 2 atom stereocenters. The summed E-state index contributed by atoms with van der Waals surface area (Å²) in [6, 6.07) is 0. The molecular formula is C12H10F4O2. The molecule has 6 heteroatoms. The number of ether oxygens (including phenoxy) is 2. The summed E-state index contributed by atoms with van der Waals surface area (Å²) in [5, 5.41) is 0. The van der Waals surface area contributed by atoms with Crippen LogP contribution in [-0.4, -0.2) is 12.2 Å². The van der Waals surface area contributed by atoms with Crippen LogP contribution in [-0.2, 0) is 0 Å². The van der Waals surface area contributed by atoms with E-state index in [1.807, 2.05) is 0 Å². The van der Waals surface area contributed by atoms with Gasteiger partial charge in [-0.05, 0) is 19.9 Å². The van der Waals surface area contributed by atoms with Gasteiger partial charge in [0.05, 0.1) is 0 Å². The van der Waals surface area contributed by atoms with Crippen molar-refractivity contribution in [2.24, 2.45) is 0 Å². The molecule has 1 aliphatic heterocycles. The van der Waals surface area contributed by atoms with E-state index in [1.165, 1.54) is 0 Å². The highest BCUT2D eigenvalue weighted by Crippen LogP contribution is 2.41. The topological polar surface area (TPSA) is 18.5 Å². The second kappa shape index (κ2) is 4.51. The van der Waals surface area contributed by atoms with Crippen LogP contribution in [0.15, 0.2) is 12.2 Å². The Morgan fingerprint density at radius 1 is 0.889 bits per heavy atom. The van der Waals surface area contributed by atoms with Crippen LogP contribution in [0, 0.1) is 23.3 Å². The Balaban J connectivity index is 2.56. The average Bonchev–Trinajstić information content (AvgIpc) is 2.36. The molecule has 2 nitrogen and oxygen atoms in total. The minimum Gasteiger partial charge on any atom is -0.480 e. The van der Waals surface area contributed by atoms with Crippen molar-refractivity contribution in [3.63, 3.8) is 0 Å². The summed E-state index contributed by atoms with van der Waals surface area (Å²) in [7, 11) is 0. The predicted molar refractivity (Wildman–Crippen MR) is 55.6 cm³/mol. The molecule has 0 unspecified atom stereocenters. The fraction of sp³-hybridized carbons (Fsp3) is 0.333. The van der Waals surface area contributed by atoms with Gasteiger partial charge in [0.15, 0.2) is 6.10 Å². The molecule has 0 aromatic heterocycles. The molecule has 18 heavy (non-hydrogen) atoms. The van der Waals surface area contributed by atoms with Gasteiger partial charge in [0.1, 0.15) is 6.10 Å². The van der Waals surface area contributed by atoms with E-state index in [0.717, 1.165) is 0 Å². The standard InChI is InChI=1S/C12H10F4O2/c1-3-4-6-5(2)17-11-9(15)7(13)8(14)10(16)12(11)18-6/h3-6H,1-2H3/b4-3+/t5-,6-/m0/s1. The maximum absolute atomic E-state index is 13.5. The van der Waals surface area contributed by atoms with Gasteiger partial charge in [-0.2, -0.15) is 8.78 Å². The zero-order chi connectivity index (χ0) is 13.4. The highest BCUT2D eigenvalue weighted by Gasteiger charge is 2.35. The molecule has 0 radical (unpaired) electrons. The number of halogens is 4. The Morgan fingerprint density at radius 3 is 1.89 bits per heavy atom. The van der Waals surface area contributed by atoms with Crippen LogP contribution in [0.5, 0.6) is 11.5 Å². The van der Waals surface area contributed by atoms with E-state index in [0.29, 0.717) is 0 Å². The van der Waals surface area contributed by atoms with Crippen LogP contribution in [0.3, 0.4) is 0 Å². The number of allylic oxidation sites excluding steroid dienone is 1. The molecule has 1 aromatic carbocycles. The van der Waals surface area contributed by atoms with Crippen LogP contribution in [0.2, 0.25) is 0 Å². The van der Waals surface area contributed by atoms with Crippen molar-refractivity contribution in [2.75, 3.05) is 0 Å². The molecule has 1 aromatic rings. The number of benzene rings is 1. The second-order valence-corrected chi connectivity index (χ2v) is 3.85. The minimum atomic E-state index is -1.91. The monoisotopic (exact) mass is 262 g/mol. The van der Waals surface area contributed by atoms with Gasteiger partial charge in [-0.3, -0.25) is 0 Å². The second-order valence-electron chi connectivity index (χ2n) is 3.85. The third kappa shape index (κ3) is 1.81. The zero-order valence-electron chi connectivity index (χ0n) is 9.64. The first-order valence-corrected chi connectivity index (χ1v) is 5.29. The first-order valence-electron chi connectivity index (χ1n) is 5.29. The minimum absolute atomic E-state index is 0.646. The highest BCUT2D eigenvalue weighted by molar-refractivity contribution is 5.45. The Bertz CT molecular complexity index is 514. The fourth-order valence-corrected chi connectivity index (χ4v) is 1.67. The van der Waals surface area contributed by atoms with Gasteiger partial charge >= 0.3 is 0 Å². The molecule has 0 amide bonds. The Hall–Kier alpha value is -1.72. The normalized spacial score (nSPS) is 22.6. The lowest BCUT2D eigenvalue weighted by Crippen LogP contribution is -2.37. The lowest BCUT2D eigenvalue weighted by Gasteiger charge is -2.30. The molecule has 0 N–H and O–H groups in total. The quantitative estimate of drug-likeness (QED) is 0.334. The number of fused-ring (bicyclic) bond motifs is 1. The molecule has 1 aliphatic rings. The van der Waals surface area contributed by atoms with E-state index in [4.69, 9.17) is 9.47 Å². The van der Waals surface area contributed by atoms with Gasteiger partial charge in [-0.15, -0.1) is 0 Å². The summed E-state index contributed by atoms with van der Waals surface area (Å²) < 4.78 is 63.1. The molecule has 98 valence electrons. The largest absolute Gasteiger partial charge is 0.480 e. The summed E-state index contributed by atoms with van der Waals surface area (Å²) in [4.78, 5) is 0. The Kier molecular flexibility index (Phi) is 3.19. The number of rotatable bonds is 1. The van der Waals surface area contributed by atoms with E-state index in [1.54, 1.807) is 26.0 Å². The van der Waals surface area contributed by atoms with Gasteiger partial charge < -0.3 is 9.47 Å². The zero-order valence-corrected chi connectivity index (χ0v) is 9.64. The average molecular weight is 262 g/mol. The maximum Gasteiger partial charge on any atom is 0.207 e. The first kappa shape index (κ1) is 12.7. The van der Waals surface area contributed by atoms with Crippen LogP contribution < -0.4 is 9.47 Å². The summed E-state index contributed by atoms with van der Waals surface area (Å²) in [6.45, 7) is 3.25. The van der Waals surface area contributed by atoms with E-state index in [2.05, 4.69) is 0 Å². The van der Waals surface area contributed by atoms with Crippen molar-refractivity contribution >= 4 is 0 Å². The van der Waals surface area contributed by atoms with E-state index in [-0.39, 0.29) is 0 Å². The third-order valence-corrected chi connectivity index (χ3v) is 2.59. The Labute approximate surface area is 101 Å². The third-order valence-electron chi connectivity index (χ3n) is 2.59. The predicted octanol–water partition coefficient (Wildman–Crippen LogP) is 3.35. The van der Waals surface area contributed by atoms with E-state index >= 15 is 0 Å². The maximum atomic E-state index is 13.5. The molecule has 0 fully saturated rings. The lowest BCUT2D eigenvalue weighted by molar-refractivity contribution is 0.0481. The smallest absolute Gasteiger partial charge is 0.207 e. The molecule has 0 bridgehead atoms. The summed E-state index contributed by atoms with van der Waals surface area (Å²) in [5.74, 6) is -8.48. The first-order chi connectivity index (χ1) is 8.47. The summed E-state index contributed by atoms with van der Waals surface area (Å²) in [5.41, 5.74) is 0. The van der Waals surface area contributed by atoms with Gasteiger partial charge in [-0.1, -0.05) is 6.08 Å². The van der Waals surface area contributed by atoms with Crippen molar-refractivity contribution in [1.29, 1.82) is 0 Å². The molecule has 0 saturated heterocycles. The van der Waals surface area contributed by atoms with Crippen molar-refractivity contribution in [1.82, 2.24) is 0 Å². The SMILES string of the molecule is C/C=C/[C@@H]1Oc2c(F)c(F)c(F)c(F)c2O[C@H]1C. The molecular weight excluding hydrogens is 252 g/mol. The molecule has 0 spiro atoms. The van der Waals surface area contributed by atoms with Crippen molar-refractivity contribution in [3.8, 4) is 11.5 Å². The van der Waals surface area contributed by atoms with E-state index < -0.39 is 47.0 Å². The van der Waals surface area contributed by atoms with Crippen LogP contribution in [0.25, 0.3) is 0 Å². The van der Waals surface area contributed by atoms with Crippen molar-refractivity contribution < 1.29 is 27.0 Å². The van der Waals surface area contributed by atoms with Crippen LogP contribution in [0.1, 0.15) is 13.8 Å². The lowest BCUT2D eigenvalue weighted by atomic mass is 10.1. The van der Waals surface area contributed by atoms with E-state index in [9.17, 15) is 17.6 Å². The van der Waals surface area contributed by atoms with Crippen molar-refractivity contribution in [3.05, 3.63) is 35.4 Å². The van der Waals surface area contributed by atoms with Gasteiger partial charge in [0.2, 0.25) is 34.8 Å². The summed E-state index contributed by atoms with van der Waals surface area (Å²) in [6.07, 6.45) is 1.84. The Morgan fingerprint density at radius 2 is 1.39 bits per heavy atom. The van der Waals surface area contributed by atoms with Gasteiger partial charge in [-0.25, -0.2) is 8.78 Å². The molecule has 0 aliphatic carbocycles. The molecule has 2 rings (SSSR count). The summed E-state index contributed by atoms with van der Waals surface area (Å²) >= 11 is 0. The number of hydrogen-bond donors (Lipinski definition) is 0. The number of hydrogen-bond acceptors (Lipinski definition) is 2. The molecule has 1 heterocycles. The van der Waals surface area contributed by atoms with Gasteiger partial charge in [0, 0.05) is 0 Å². The fourth-order valence-electron chi connectivity index (χ4n) is 1.67.